The third-order valence-corrected chi connectivity index (χ3v) is 4.01. The van der Waals surface area contributed by atoms with Gasteiger partial charge in [-0.3, -0.25) is 0 Å². The molecule has 5 nitrogen and oxygen atoms in total. The summed E-state index contributed by atoms with van der Waals surface area (Å²) >= 11 is 0. The summed E-state index contributed by atoms with van der Waals surface area (Å²) in [5.74, 6) is 0.0827. The van der Waals surface area contributed by atoms with Crippen LogP contribution < -0.4 is 19.2 Å². The molecule has 0 saturated carbocycles. The van der Waals surface area contributed by atoms with E-state index in [1.807, 2.05) is 60.7 Å². The second-order valence-electron chi connectivity index (χ2n) is 5.86. The Morgan fingerprint density at radius 2 is 1.31 bits per heavy atom. The Labute approximate surface area is 167 Å². The van der Waals surface area contributed by atoms with E-state index in [0.29, 0.717) is 5.56 Å². The SMILES string of the molecule is COc1cc(/C=N\N(c2ccccc2)c2ccccc2)cc(OC)c1OC(F)F. The Morgan fingerprint density at radius 3 is 1.72 bits per heavy atom. The molecule has 3 aromatic carbocycles. The lowest BCUT2D eigenvalue weighted by molar-refractivity contribution is -0.0526. The number of methoxy groups -OCH3 is 2. The third kappa shape index (κ3) is 5.01. The van der Waals surface area contributed by atoms with Gasteiger partial charge in [-0.25, -0.2) is 5.01 Å². The molecule has 0 spiro atoms. The van der Waals surface area contributed by atoms with Crippen LogP contribution in [0.3, 0.4) is 0 Å². The quantitative estimate of drug-likeness (QED) is 0.372. The molecule has 0 saturated heterocycles. The van der Waals surface area contributed by atoms with Gasteiger partial charge in [0, 0.05) is 5.56 Å². The molecule has 0 N–H and O–H groups in total. The molecular weight excluding hydrogens is 378 g/mol. The van der Waals surface area contributed by atoms with Crippen molar-refractivity contribution in [1.82, 2.24) is 0 Å². The summed E-state index contributed by atoms with van der Waals surface area (Å²) in [6.07, 6.45) is 1.59. The summed E-state index contributed by atoms with van der Waals surface area (Å²) in [6, 6.07) is 22.4. The second kappa shape index (κ2) is 9.54. The Kier molecular flexibility index (Phi) is 6.63. The van der Waals surface area contributed by atoms with E-state index in [9.17, 15) is 8.78 Å². The number of halogens is 2. The zero-order valence-corrected chi connectivity index (χ0v) is 16.0. The van der Waals surface area contributed by atoms with Crippen LogP contribution in [0.2, 0.25) is 0 Å². The summed E-state index contributed by atoms with van der Waals surface area (Å²) < 4.78 is 40.4. The van der Waals surface area contributed by atoms with Crippen molar-refractivity contribution < 1.29 is 23.0 Å². The van der Waals surface area contributed by atoms with Crippen LogP contribution in [0.1, 0.15) is 5.56 Å². The van der Waals surface area contributed by atoms with Gasteiger partial charge in [-0.1, -0.05) is 36.4 Å². The van der Waals surface area contributed by atoms with Crippen molar-refractivity contribution >= 4 is 17.6 Å². The molecule has 0 aliphatic heterocycles. The molecule has 0 amide bonds. The monoisotopic (exact) mass is 398 g/mol. The lowest BCUT2D eigenvalue weighted by atomic mass is 10.2. The molecule has 3 rings (SSSR count). The van der Waals surface area contributed by atoms with Gasteiger partial charge in [0.2, 0.25) is 5.75 Å². The minimum atomic E-state index is -3.00. The number of alkyl halides is 2. The predicted molar refractivity (Wildman–Crippen MR) is 109 cm³/mol. The van der Waals surface area contributed by atoms with Crippen LogP contribution in [0.15, 0.2) is 77.9 Å². The van der Waals surface area contributed by atoms with Crippen LogP contribution in [0, 0.1) is 0 Å². The molecule has 0 radical (unpaired) electrons. The van der Waals surface area contributed by atoms with Crippen molar-refractivity contribution in [1.29, 1.82) is 0 Å². The molecule has 150 valence electrons. The van der Waals surface area contributed by atoms with Crippen LogP contribution in [0.25, 0.3) is 0 Å². The van der Waals surface area contributed by atoms with E-state index in [1.165, 1.54) is 14.2 Å². The Bertz CT molecular complexity index is 886. The molecule has 3 aromatic rings. The van der Waals surface area contributed by atoms with E-state index in [1.54, 1.807) is 23.4 Å². The van der Waals surface area contributed by atoms with Gasteiger partial charge in [0.15, 0.2) is 11.5 Å². The number of benzene rings is 3. The third-order valence-electron chi connectivity index (χ3n) is 4.01. The van der Waals surface area contributed by atoms with E-state index in [0.717, 1.165) is 11.4 Å². The van der Waals surface area contributed by atoms with E-state index in [-0.39, 0.29) is 17.2 Å². The highest BCUT2D eigenvalue weighted by molar-refractivity contribution is 5.84. The smallest absolute Gasteiger partial charge is 0.387 e. The number of hydrazone groups is 1. The largest absolute Gasteiger partial charge is 0.493 e. The van der Waals surface area contributed by atoms with Crippen molar-refractivity contribution in [2.45, 2.75) is 6.61 Å². The normalized spacial score (nSPS) is 10.9. The van der Waals surface area contributed by atoms with E-state index in [4.69, 9.17) is 9.47 Å². The van der Waals surface area contributed by atoms with Crippen LogP contribution in [0.4, 0.5) is 20.2 Å². The maximum absolute atomic E-state index is 12.7. The summed E-state index contributed by atoms with van der Waals surface area (Å²) in [4.78, 5) is 0. The lowest BCUT2D eigenvalue weighted by Gasteiger charge is -2.19. The van der Waals surface area contributed by atoms with E-state index < -0.39 is 6.61 Å². The summed E-state index contributed by atoms with van der Waals surface area (Å²) in [7, 11) is 2.74. The van der Waals surface area contributed by atoms with Crippen LogP contribution >= 0.6 is 0 Å². The molecule has 0 aliphatic rings. The molecule has 0 bridgehead atoms. The van der Waals surface area contributed by atoms with Crippen LogP contribution in [0.5, 0.6) is 17.2 Å². The summed E-state index contributed by atoms with van der Waals surface area (Å²) in [5.41, 5.74) is 2.33. The van der Waals surface area contributed by atoms with Crippen molar-refractivity contribution in [2.24, 2.45) is 5.10 Å². The average molecular weight is 398 g/mol. The molecule has 0 aromatic heterocycles. The lowest BCUT2D eigenvalue weighted by Crippen LogP contribution is -2.09. The number of hydrogen-bond acceptors (Lipinski definition) is 5. The standard InChI is InChI=1S/C22H20F2N2O3/c1-27-19-13-16(14-20(28-2)21(19)29-22(23)24)15-25-26(17-9-5-3-6-10-17)18-11-7-4-8-12-18/h3-15,22H,1-2H3/b25-15-. The van der Waals surface area contributed by atoms with Crippen molar-refractivity contribution in [3.05, 3.63) is 78.4 Å². The Morgan fingerprint density at radius 1 is 0.828 bits per heavy atom. The average Bonchev–Trinajstić information content (AvgIpc) is 2.75. The van der Waals surface area contributed by atoms with Gasteiger partial charge in [0.25, 0.3) is 0 Å². The van der Waals surface area contributed by atoms with Crippen LogP contribution in [-0.2, 0) is 0 Å². The van der Waals surface area contributed by atoms with Gasteiger partial charge in [-0.15, -0.1) is 0 Å². The van der Waals surface area contributed by atoms with Gasteiger partial charge >= 0.3 is 6.61 Å². The molecule has 0 unspecified atom stereocenters. The van der Waals surface area contributed by atoms with Gasteiger partial charge in [0.05, 0.1) is 31.8 Å². The Balaban J connectivity index is 1.99. The fourth-order valence-electron chi connectivity index (χ4n) is 2.73. The first-order valence-electron chi connectivity index (χ1n) is 8.77. The highest BCUT2D eigenvalue weighted by atomic mass is 19.3. The number of ether oxygens (including phenoxy) is 3. The van der Waals surface area contributed by atoms with Crippen molar-refractivity contribution in [2.75, 3.05) is 19.2 Å². The zero-order valence-electron chi connectivity index (χ0n) is 16.0. The molecular formula is C22H20F2N2O3. The molecule has 0 aliphatic carbocycles. The first-order valence-corrected chi connectivity index (χ1v) is 8.77. The van der Waals surface area contributed by atoms with Gasteiger partial charge < -0.3 is 14.2 Å². The van der Waals surface area contributed by atoms with E-state index >= 15 is 0 Å². The predicted octanol–water partition coefficient (Wildman–Crippen LogP) is 5.48. The highest BCUT2D eigenvalue weighted by Gasteiger charge is 2.18. The topological polar surface area (TPSA) is 43.3 Å². The first-order chi connectivity index (χ1) is 14.1. The molecule has 0 atom stereocenters. The molecule has 0 fully saturated rings. The summed E-state index contributed by atoms with van der Waals surface area (Å²) in [5, 5.41) is 6.35. The number of para-hydroxylation sites is 2. The van der Waals surface area contributed by atoms with Crippen LogP contribution in [-0.4, -0.2) is 27.0 Å². The fourth-order valence-corrected chi connectivity index (χ4v) is 2.73. The number of anilines is 2. The molecule has 29 heavy (non-hydrogen) atoms. The van der Waals surface area contributed by atoms with Crippen molar-refractivity contribution in [3.63, 3.8) is 0 Å². The van der Waals surface area contributed by atoms with Gasteiger partial charge in [0.1, 0.15) is 0 Å². The maximum atomic E-state index is 12.7. The fraction of sp³-hybridized carbons (Fsp3) is 0.136. The highest BCUT2D eigenvalue weighted by Crippen LogP contribution is 2.39. The second-order valence-corrected chi connectivity index (χ2v) is 5.86. The molecule has 0 heterocycles. The first kappa shape index (κ1) is 20.1. The number of nitrogens with zero attached hydrogens (tertiary/aromatic N) is 2. The minimum absolute atomic E-state index is 0.122. The minimum Gasteiger partial charge on any atom is -0.493 e. The summed E-state index contributed by atoms with van der Waals surface area (Å²) in [6.45, 7) is -3.00. The van der Waals surface area contributed by atoms with E-state index in [2.05, 4.69) is 9.84 Å². The number of rotatable bonds is 8. The van der Waals surface area contributed by atoms with Crippen molar-refractivity contribution in [3.8, 4) is 17.2 Å². The molecule has 7 heteroatoms. The Hall–Kier alpha value is -3.61. The maximum Gasteiger partial charge on any atom is 0.387 e. The number of hydrogen-bond donors (Lipinski definition) is 0. The van der Waals surface area contributed by atoms with Gasteiger partial charge in [-0.2, -0.15) is 13.9 Å². The zero-order chi connectivity index (χ0) is 20.6. The van der Waals surface area contributed by atoms with Gasteiger partial charge in [-0.05, 0) is 36.4 Å².